The standard InChI is InChI=1S/C13H16N4O3/c1-16-7-5-9(6-8-16)14-13-15-12-10(17(18)19)3-2-4-11(12)20-13/h2-4,9H,5-8H2,1H3,(H,14,15). The third kappa shape index (κ3) is 2.44. The molecule has 106 valence electrons. The van der Waals surface area contributed by atoms with Crippen molar-refractivity contribution >= 4 is 22.8 Å². The third-order valence-corrected chi connectivity index (χ3v) is 3.64. The third-order valence-electron chi connectivity index (χ3n) is 3.64. The van der Waals surface area contributed by atoms with Gasteiger partial charge in [0.25, 0.3) is 11.7 Å². The van der Waals surface area contributed by atoms with Crippen molar-refractivity contribution in [2.75, 3.05) is 25.5 Å². The van der Waals surface area contributed by atoms with Gasteiger partial charge in [-0.05, 0) is 39.0 Å². The van der Waals surface area contributed by atoms with Crippen LogP contribution in [0.1, 0.15) is 12.8 Å². The SMILES string of the molecule is CN1CCC(Nc2nc3c([N+](=O)[O-])cccc3o2)CC1. The second-order valence-corrected chi connectivity index (χ2v) is 5.12. The maximum absolute atomic E-state index is 10.9. The molecule has 0 unspecified atom stereocenters. The zero-order chi connectivity index (χ0) is 14.1. The fourth-order valence-corrected chi connectivity index (χ4v) is 2.47. The van der Waals surface area contributed by atoms with E-state index in [1.54, 1.807) is 12.1 Å². The molecule has 1 fully saturated rings. The minimum absolute atomic E-state index is 0.0253. The molecule has 0 aliphatic carbocycles. The number of nitrogens with one attached hydrogen (secondary N) is 1. The van der Waals surface area contributed by atoms with Gasteiger partial charge in [-0.1, -0.05) is 6.07 Å². The predicted molar refractivity (Wildman–Crippen MR) is 74.8 cm³/mol. The van der Waals surface area contributed by atoms with E-state index in [1.807, 2.05) is 0 Å². The molecule has 1 aromatic carbocycles. The molecule has 20 heavy (non-hydrogen) atoms. The van der Waals surface area contributed by atoms with Gasteiger partial charge < -0.3 is 14.6 Å². The molecule has 0 spiro atoms. The quantitative estimate of drug-likeness (QED) is 0.683. The summed E-state index contributed by atoms with van der Waals surface area (Å²) < 4.78 is 5.55. The summed E-state index contributed by atoms with van der Waals surface area (Å²) in [6.07, 6.45) is 2.02. The Morgan fingerprint density at radius 3 is 2.90 bits per heavy atom. The summed E-state index contributed by atoms with van der Waals surface area (Å²) in [5.74, 6) is 0. The van der Waals surface area contributed by atoms with Crippen LogP contribution in [-0.2, 0) is 0 Å². The number of hydrogen-bond acceptors (Lipinski definition) is 6. The number of para-hydroxylation sites is 1. The molecule has 0 radical (unpaired) electrons. The Hall–Kier alpha value is -2.15. The highest BCUT2D eigenvalue weighted by Gasteiger charge is 2.21. The van der Waals surface area contributed by atoms with E-state index in [9.17, 15) is 10.1 Å². The van der Waals surface area contributed by atoms with Crippen molar-refractivity contribution in [3.8, 4) is 0 Å². The second kappa shape index (κ2) is 5.09. The van der Waals surface area contributed by atoms with Gasteiger partial charge in [0.2, 0.25) is 0 Å². The number of oxazole rings is 1. The summed E-state index contributed by atoms with van der Waals surface area (Å²) in [5, 5.41) is 14.2. The van der Waals surface area contributed by atoms with Gasteiger partial charge in [-0.25, -0.2) is 0 Å². The molecule has 0 bridgehead atoms. The lowest BCUT2D eigenvalue weighted by molar-refractivity contribution is -0.383. The van der Waals surface area contributed by atoms with Crippen molar-refractivity contribution in [1.82, 2.24) is 9.88 Å². The Labute approximate surface area is 115 Å². The molecule has 1 aliphatic heterocycles. The van der Waals surface area contributed by atoms with E-state index in [0.717, 1.165) is 25.9 Å². The number of nitro benzene ring substituents is 1. The zero-order valence-electron chi connectivity index (χ0n) is 11.2. The van der Waals surface area contributed by atoms with Crippen molar-refractivity contribution < 1.29 is 9.34 Å². The smallest absolute Gasteiger partial charge is 0.298 e. The first-order valence-electron chi connectivity index (χ1n) is 6.62. The highest BCUT2D eigenvalue weighted by molar-refractivity contribution is 5.84. The summed E-state index contributed by atoms with van der Waals surface area (Å²) >= 11 is 0. The van der Waals surface area contributed by atoms with Gasteiger partial charge in [-0.3, -0.25) is 10.1 Å². The molecular formula is C13H16N4O3. The summed E-state index contributed by atoms with van der Waals surface area (Å²) in [6.45, 7) is 2.05. The van der Waals surface area contributed by atoms with E-state index in [0.29, 0.717) is 23.2 Å². The van der Waals surface area contributed by atoms with E-state index in [1.165, 1.54) is 6.07 Å². The molecule has 7 nitrogen and oxygen atoms in total. The van der Waals surface area contributed by atoms with Gasteiger partial charge in [0.15, 0.2) is 11.1 Å². The lowest BCUT2D eigenvalue weighted by atomic mass is 10.1. The Kier molecular flexibility index (Phi) is 3.27. The Morgan fingerprint density at radius 2 is 2.20 bits per heavy atom. The van der Waals surface area contributed by atoms with Crippen molar-refractivity contribution in [3.63, 3.8) is 0 Å². The van der Waals surface area contributed by atoms with Crippen LogP contribution in [0, 0.1) is 10.1 Å². The number of non-ortho nitro benzene ring substituents is 1. The van der Waals surface area contributed by atoms with Crippen LogP contribution in [0.25, 0.3) is 11.1 Å². The number of rotatable bonds is 3. The van der Waals surface area contributed by atoms with Gasteiger partial charge in [-0.15, -0.1) is 0 Å². The van der Waals surface area contributed by atoms with Crippen LogP contribution in [0.2, 0.25) is 0 Å². The lowest BCUT2D eigenvalue weighted by Gasteiger charge is -2.28. The normalized spacial score (nSPS) is 17.4. The number of likely N-dealkylation sites (tertiary alicyclic amines) is 1. The number of hydrogen-bond donors (Lipinski definition) is 1. The monoisotopic (exact) mass is 276 g/mol. The highest BCUT2D eigenvalue weighted by Crippen LogP contribution is 2.28. The lowest BCUT2D eigenvalue weighted by Crippen LogP contribution is -2.36. The van der Waals surface area contributed by atoms with Crippen LogP contribution < -0.4 is 5.32 Å². The fourth-order valence-electron chi connectivity index (χ4n) is 2.47. The largest absolute Gasteiger partial charge is 0.423 e. The van der Waals surface area contributed by atoms with E-state index in [4.69, 9.17) is 4.42 Å². The Bertz CT molecular complexity index is 632. The molecule has 3 rings (SSSR count). The molecule has 1 aromatic heterocycles. The summed E-state index contributed by atoms with van der Waals surface area (Å²) in [7, 11) is 2.10. The maximum Gasteiger partial charge on any atom is 0.298 e. The molecule has 1 N–H and O–H groups in total. The van der Waals surface area contributed by atoms with Crippen LogP contribution in [-0.4, -0.2) is 41.0 Å². The van der Waals surface area contributed by atoms with Crippen molar-refractivity contribution in [2.45, 2.75) is 18.9 Å². The van der Waals surface area contributed by atoms with Crippen LogP contribution in [0.5, 0.6) is 0 Å². The molecular weight excluding hydrogens is 260 g/mol. The van der Waals surface area contributed by atoms with E-state index in [2.05, 4.69) is 22.2 Å². The van der Waals surface area contributed by atoms with Crippen molar-refractivity contribution in [1.29, 1.82) is 0 Å². The van der Waals surface area contributed by atoms with E-state index >= 15 is 0 Å². The average molecular weight is 276 g/mol. The first kappa shape index (κ1) is 12.9. The number of anilines is 1. The fraction of sp³-hybridized carbons (Fsp3) is 0.462. The van der Waals surface area contributed by atoms with Crippen molar-refractivity contribution in [3.05, 3.63) is 28.3 Å². The number of benzene rings is 1. The molecule has 1 saturated heterocycles. The van der Waals surface area contributed by atoms with Crippen LogP contribution in [0.3, 0.4) is 0 Å². The molecule has 2 heterocycles. The zero-order valence-corrected chi connectivity index (χ0v) is 11.2. The molecule has 0 saturated carbocycles. The predicted octanol–water partition coefficient (Wildman–Crippen LogP) is 2.24. The van der Waals surface area contributed by atoms with Crippen LogP contribution in [0.4, 0.5) is 11.7 Å². The first-order chi connectivity index (χ1) is 9.63. The summed E-state index contributed by atoms with van der Waals surface area (Å²) in [4.78, 5) is 17.0. The van der Waals surface area contributed by atoms with Gasteiger partial charge >= 0.3 is 0 Å². The molecule has 1 aliphatic rings. The molecule has 0 atom stereocenters. The van der Waals surface area contributed by atoms with Gasteiger partial charge in [0, 0.05) is 12.1 Å². The van der Waals surface area contributed by atoms with E-state index < -0.39 is 4.92 Å². The van der Waals surface area contributed by atoms with Gasteiger partial charge in [-0.2, -0.15) is 4.98 Å². The number of fused-ring (bicyclic) bond motifs is 1. The average Bonchev–Trinajstić information content (AvgIpc) is 2.83. The topological polar surface area (TPSA) is 84.4 Å². The molecule has 7 heteroatoms. The minimum atomic E-state index is -0.440. The maximum atomic E-state index is 10.9. The number of nitro groups is 1. The number of aromatic nitrogens is 1. The Morgan fingerprint density at radius 1 is 1.45 bits per heavy atom. The summed E-state index contributed by atoms with van der Waals surface area (Å²) in [5.41, 5.74) is 0.713. The summed E-state index contributed by atoms with van der Waals surface area (Å²) in [6, 6.07) is 5.40. The van der Waals surface area contributed by atoms with Crippen molar-refractivity contribution in [2.24, 2.45) is 0 Å². The first-order valence-corrected chi connectivity index (χ1v) is 6.62. The van der Waals surface area contributed by atoms with Crippen LogP contribution >= 0.6 is 0 Å². The number of nitrogens with zero attached hydrogens (tertiary/aromatic N) is 3. The van der Waals surface area contributed by atoms with Gasteiger partial charge in [0.1, 0.15) is 0 Å². The number of piperidine rings is 1. The van der Waals surface area contributed by atoms with E-state index in [-0.39, 0.29) is 5.69 Å². The minimum Gasteiger partial charge on any atom is -0.423 e. The van der Waals surface area contributed by atoms with Gasteiger partial charge in [0.05, 0.1) is 4.92 Å². The molecule has 0 amide bonds. The second-order valence-electron chi connectivity index (χ2n) is 5.12. The highest BCUT2D eigenvalue weighted by atomic mass is 16.6. The van der Waals surface area contributed by atoms with Crippen LogP contribution in [0.15, 0.2) is 22.6 Å². The Balaban J connectivity index is 1.82. The molecule has 2 aromatic rings.